The molecular formula is C22H30O2. The lowest BCUT2D eigenvalue weighted by atomic mass is 9.95. The molecule has 2 rings (SSSR count). The van der Waals surface area contributed by atoms with Crippen LogP contribution in [0.3, 0.4) is 0 Å². The summed E-state index contributed by atoms with van der Waals surface area (Å²) in [6.45, 7) is 2.34. The van der Waals surface area contributed by atoms with Crippen molar-refractivity contribution >= 4 is 0 Å². The summed E-state index contributed by atoms with van der Waals surface area (Å²) in [7, 11) is 1.59. The van der Waals surface area contributed by atoms with E-state index in [1.54, 1.807) is 13.2 Å². The number of hydrogen-bond acceptors (Lipinski definition) is 2. The maximum absolute atomic E-state index is 9.64. The van der Waals surface area contributed by atoms with Crippen molar-refractivity contribution in [2.24, 2.45) is 5.92 Å². The minimum absolute atomic E-state index is 0.215. The van der Waals surface area contributed by atoms with Crippen LogP contribution in [-0.4, -0.2) is 12.2 Å². The van der Waals surface area contributed by atoms with Crippen molar-refractivity contribution in [3.05, 3.63) is 59.7 Å². The highest BCUT2D eigenvalue weighted by Gasteiger charge is 2.06. The number of phenols is 1. The van der Waals surface area contributed by atoms with Crippen molar-refractivity contribution in [3.63, 3.8) is 0 Å². The second kappa shape index (κ2) is 10.0. The molecule has 1 N–H and O–H groups in total. The summed E-state index contributed by atoms with van der Waals surface area (Å²) in [5, 5.41) is 9.64. The smallest absolute Gasteiger partial charge is 0.160 e. The quantitative estimate of drug-likeness (QED) is 0.561. The van der Waals surface area contributed by atoms with Crippen LogP contribution in [-0.2, 0) is 12.8 Å². The molecule has 0 heterocycles. The number of aryl methyl sites for hydroxylation is 2. The first-order chi connectivity index (χ1) is 11.7. The van der Waals surface area contributed by atoms with E-state index >= 15 is 0 Å². The molecule has 2 aromatic rings. The molecule has 0 saturated carbocycles. The SMILES string of the molecule is COc1cc(CCC(C)CCCCCc2ccccc2)ccc1O. The predicted molar refractivity (Wildman–Crippen MR) is 101 cm³/mol. The Kier molecular flexibility index (Phi) is 7.67. The van der Waals surface area contributed by atoms with Crippen LogP contribution >= 0.6 is 0 Å². The van der Waals surface area contributed by atoms with Gasteiger partial charge in [0.25, 0.3) is 0 Å². The average molecular weight is 326 g/mol. The highest BCUT2D eigenvalue weighted by atomic mass is 16.5. The Bertz CT molecular complexity index is 592. The molecule has 130 valence electrons. The van der Waals surface area contributed by atoms with E-state index in [-0.39, 0.29) is 5.75 Å². The lowest BCUT2D eigenvalue weighted by molar-refractivity contribution is 0.372. The normalized spacial score (nSPS) is 12.1. The summed E-state index contributed by atoms with van der Waals surface area (Å²) >= 11 is 0. The number of hydrogen-bond donors (Lipinski definition) is 1. The largest absolute Gasteiger partial charge is 0.504 e. The van der Waals surface area contributed by atoms with Crippen molar-refractivity contribution in [3.8, 4) is 11.5 Å². The van der Waals surface area contributed by atoms with E-state index in [1.165, 1.54) is 49.7 Å². The minimum Gasteiger partial charge on any atom is -0.504 e. The van der Waals surface area contributed by atoms with Crippen LogP contribution in [0, 0.1) is 5.92 Å². The first-order valence-corrected chi connectivity index (χ1v) is 9.09. The molecule has 2 nitrogen and oxygen atoms in total. The fraction of sp³-hybridized carbons (Fsp3) is 0.455. The lowest BCUT2D eigenvalue weighted by Crippen LogP contribution is -1.98. The van der Waals surface area contributed by atoms with Crippen LogP contribution < -0.4 is 4.74 Å². The van der Waals surface area contributed by atoms with Gasteiger partial charge in [-0.25, -0.2) is 0 Å². The molecule has 2 aromatic carbocycles. The summed E-state index contributed by atoms with van der Waals surface area (Å²) in [5.41, 5.74) is 2.69. The van der Waals surface area contributed by atoms with E-state index in [1.807, 2.05) is 12.1 Å². The highest BCUT2D eigenvalue weighted by molar-refractivity contribution is 5.41. The molecule has 2 heteroatoms. The zero-order valence-corrected chi connectivity index (χ0v) is 15.0. The molecule has 1 unspecified atom stereocenters. The minimum atomic E-state index is 0.215. The number of ether oxygens (including phenoxy) is 1. The van der Waals surface area contributed by atoms with Crippen molar-refractivity contribution in [2.45, 2.75) is 51.9 Å². The summed E-state index contributed by atoms with van der Waals surface area (Å²) in [6.07, 6.45) is 8.63. The number of methoxy groups -OCH3 is 1. The Labute approximate surface area is 146 Å². The van der Waals surface area contributed by atoms with Gasteiger partial charge in [-0.15, -0.1) is 0 Å². The number of unbranched alkanes of at least 4 members (excludes halogenated alkanes) is 2. The van der Waals surface area contributed by atoms with Gasteiger partial charge in [0.05, 0.1) is 7.11 Å². The lowest BCUT2D eigenvalue weighted by Gasteiger charge is -2.12. The van der Waals surface area contributed by atoms with E-state index < -0.39 is 0 Å². The van der Waals surface area contributed by atoms with E-state index in [9.17, 15) is 5.11 Å². The third-order valence-electron chi connectivity index (χ3n) is 4.68. The summed E-state index contributed by atoms with van der Waals surface area (Å²) in [5.74, 6) is 1.52. The molecule has 0 aliphatic rings. The number of benzene rings is 2. The maximum atomic E-state index is 9.64. The van der Waals surface area contributed by atoms with Gasteiger partial charge < -0.3 is 9.84 Å². The summed E-state index contributed by atoms with van der Waals surface area (Å²) in [6, 6.07) is 16.4. The zero-order valence-electron chi connectivity index (χ0n) is 15.0. The molecular weight excluding hydrogens is 296 g/mol. The van der Waals surface area contributed by atoms with Crippen molar-refractivity contribution < 1.29 is 9.84 Å². The van der Waals surface area contributed by atoms with Crippen molar-refractivity contribution in [1.82, 2.24) is 0 Å². The summed E-state index contributed by atoms with van der Waals surface area (Å²) in [4.78, 5) is 0. The van der Waals surface area contributed by atoms with Gasteiger partial charge >= 0.3 is 0 Å². The van der Waals surface area contributed by atoms with Crippen LogP contribution in [0.1, 0.15) is 50.2 Å². The van der Waals surface area contributed by atoms with Crippen LogP contribution in [0.4, 0.5) is 0 Å². The van der Waals surface area contributed by atoms with E-state index in [2.05, 4.69) is 37.3 Å². The average Bonchev–Trinajstić information content (AvgIpc) is 2.61. The van der Waals surface area contributed by atoms with Crippen LogP contribution in [0.2, 0.25) is 0 Å². The molecule has 0 aliphatic heterocycles. The number of aromatic hydroxyl groups is 1. The first-order valence-electron chi connectivity index (χ1n) is 9.09. The van der Waals surface area contributed by atoms with Crippen LogP contribution in [0.5, 0.6) is 11.5 Å². The molecule has 0 radical (unpaired) electrons. The Morgan fingerprint density at radius 1 is 0.875 bits per heavy atom. The third kappa shape index (κ3) is 6.27. The van der Waals surface area contributed by atoms with E-state index in [0.29, 0.717) is 5.75 Å². The molecule has 0 fully saturated rings. The zero-order chi connectivity index (χ0) is 17.2. The molecule has 0 amide bonds. The van der Waals surface area contributed by atoms with Gasteiger partial charge in [0.1, 0.15) is 0 Å². The molecule has 0 saturated heterocycles. The Balaban J connectivity index is 1.60. The topological polar surface area (TPSA) is 29.5 Å². The molecule has 24 heavy (non-hydrogen) atoms. The third-order valence-corrected chi connectivity index (χ3v) is 4.68. The fourth-order valence-electron chi connectivity index (χ4n) is 3.08. The van der Waals surface area contributed by atoms with E-state index in [4.69, 9.17) is 4.74 Å². The maximum Gasteiger partial charge on any atom is 0.160 e. The second-order valence-corrected chi connectivity index (χ2v) is 6.73. The Morgan fingerprint density at radius 3 is 2.42 bits per heavy atom. The van der Waals surface area contributed by atoms with Gasteiger partial charge in [0, 0.05) is 0 Å². The Hall–Kier alpha value is -1.96. The van der Waals surface area contributed by atoms with Gasteiger partial charge in [-0.05, 0) is 54.9 Å². The highest BCUT2D eigenvalue weighted by Crippen LogP contribution is 2.27. The second-order valence-electron chi connectivity index (χ2n) is 6.73. The monoisotopic (exact) mass is 326 g/mol. The Morgan fingerprint density at radius 2 is 1.67 bits per heavy atom. The van der Waals surface area contributed by atoms with E-state index in [0.717, 1.165) is 12.3 Å². The molecule has 0 aliphatic carbocycles. The molecule has 1 atom stereocenters. The van der Waals surface area contributed by atoms with Crippen molar-refractivity contribution in [1.29, 1.82) is 0 Å². The molecule has 0 bridgehead atoms. The summed E-state index contributed by atoms with van der Waals surface area (Å²) < 4.78 is 5.17. The van der Waals surface area contributed by atoms with Gasteiger partial charge in [0.15, 0.2) is 11.5 Å². The number of rotatable bonds is 10. The van der Waals surface area contributed by atoms with Gasteiger partial charge in [0.2, 0.25) is 0 Å². The van der Waals surface area contributed by atoms with Gasteiger partial charge in [-0.1, -0.05) is 62.6 Å². The predicted octanol–water partition coefficient (Wildman–Crippen LogP) is 5.77. The van der Waals surface area contributed by atoms with Crippen molar-refractivity contribution in [2.75, 3.05) is 7.11 Å². The van der Waals surface area contributed by atoms with Gasteiger partial charge in [-0.3, -0.25) is 0 Å². The van der Waals surface area contributed by atoms with Crippen LogP contribution in [0.25, 0.3) is 0 Å². The fourth-order valence-corrected chi connectivity index (χ4v) is 3.08. The van der Waals surface area contributed by atoms with Gasteiger partial charge in [-0.2, -0.15) is 0 Å². The molecule has 0 aromatic heterocycles. The molecule has 0 spiro atoms. The number of phenolic OH excluding ortho intramolecular Hbond substituents is 1. The standard InChI is InChI=1S/C22H30O2/c1-18(9-5-3-6-10-19-11-7-4-8-12-19)13-14-20-15-16-21(23)22(17-20)24-2/h4,7-8,11-12,15-18,23H,3,5-6,9-10,13-14H2,1-2H3. The first kappa shape index (κ1) is 18.4. The van der Waals surface area contributed by atoms with Crippen LogP contribution in [0.15, 0.2) is 48.5 Å².